The third-order valence-corrected chi connectivity index (χ3v) is 6.94. The summed E-state index contributed by atoms with van der Waals surface area (Å²) in [6, 6.07) is 14.1. The van der Waals surface area contributed by atoms with Crippen LogP contribution >= 0.6 is 11.3 Å². The lowest BCUT2D eigenvalue weighted by Crippen LogP contribution is -2.43. The van der Waals surface area contributed by atoms with E-state index in [-0.39, 0.29) is 5.91 Å². The van der Waals surface area contributed by atoms with Crippen LogP contribution in [-0.4, -0.2) is 63.7 Å². The van der Waals surface area contributed by atoms with Crippen molar-refractivity contribution in [3.8, 4) is 0 Å². The Labute approximate surface area is 197 Å². The predicted molar refractivity (Wildman–Crippen MR) is 133 cm³/mol. The summed E-state index contributed by atoms with van der Waals surface area (Å²) in [5, 5.41) is 10.4. The molecule has 0 aliphatic carbocycles. The van der Waals surface area contributed by atoms with Gasteiger partial charge in [-0.15, -0.1) is 11.3 Å². The number of nitrogens with one attached hydrogen (secondary N) is 1. The van der Waals surface area contributed by atoms with Gasteiger partial charge < -0.3 is 10.2 Å². The number of carbonyl (C=O) groups is 1. The molecule has 0 spiro atoms. The predicted octanol–water partition coefficient (Wildman–Crippen LogP) is 3.85. The van der Waals surface area contributed by atoms with Crippen molar-refractivity contribution in [2.45, 2.75) is 20.0 Å². The molecule has 8 heteroatoms. The highest BCUT2D eigenvalue weighted by atomic mass is 32.1. The van der Waals surface area contributed by atoms with Gasteiger partial charge in [0, 0.05) is 49.0 Å². The number of benzene rings is 1. The lowest BCUT2D eigenvalue weighted by Gasteiger charge is -2.32. The number of fused-ring (bicyclic) bond motifs is 1. The molecule has 1 aromatic carbocycles. The highest BCUT2D eigenvalue weighted by Crippen LogP contribution is 2.22. The average molecular weight is 461 g/mol. The maximum absolute atomic E-state index is 13.2. The zero-order valence-electron chi connectivity index (χ0n) is 19.0. The molecule has 0 saturated carbocycles. The summed E-state index contributed by atoms with van der Waals surface area (Å²) in [5.74, 6) is -0.145. The number of nitrogens with zero attached hydrogens (tertiary/aromatic N) is 5. The van der Waals surface area contributed by atoms with Gasteiger partial charge in [0.25, 0.3) is 5.91 Å². The number of aromatic nitrogens is 3. The molecule has 1 amide bonds. The standard InChI is InChI=1S/C25H28N6OS/c1-18-14-22(23-15-26-31(24(23)27-18)17-21-4-3-13-33-21)25(32)28-20-7-5-19(6-8-20)16-30-11-9-29(2)10-12-30/h3-8,13-15H,9-12,16-17H2,1-2H3,(H,28,32). The number of hydrogen-bond donors (Lipinski definition) is 1. The van der Waals surface area contributed by atoms with Gasteiger partial charge in [0.15, 0.2) is 5.65 Å². The number of pyridine rings is 1. The monoisotopic (exact) mass is 460 g/mol. The highest BCUT2D eigenvalue weighted by Gasteiger charge is 2.17. The number of carbonyl (C=O) groups excluding carboxylic acids is 1. The van der Waals surface area contributed by atoms with E-state index in [0.717, 1.165) is 55.1 Å². The van der Waals surface area contributed by atoms with E-state index >= 15 is 0 Å². The molecule has 1 aliphatic heterocycles. The van der Waals surface area contributed by atoms with Crippen molar-refractivity contribution in [2.24, 2.45) is 0 Å². The first-order chi connectivity index (χ1) is 16.0. The number of anilines is 1. The Morgan fingerprint density at radius 3 is 2.61 bits per heavy atom. The first-order valence-corrected chi connectivity index (χ1v) is 12.1. The van der Waals surface area contributed by atoms with Crippen LogP contribution in [0.1, 0.15) is 26.5 Å². The Kier molecular flexibility index (Phi) is 6.22. The summed E-state index contributed by atoms with van der Waals surface area (Å²) in [5.41, 5.74) is 4.17. The Bertz CT molecular complexity index is 1240. The first-order valence-electron chi connectivity index (χ1n) is 11.2. The molecule has 0 radical (unpaired) electrons. The molecular formula is C25H28N6OS. The van der Waals surface area contributed by atoms with E-state index in [4.69, 9.17) is 0 Å². The van der Waals surface area contributed by atoms with Crippen LogP contribution in [-0.2, 0) is 13.1 Å². The second kappa shape index (κ2) is 9.43. The number of piperazine rings is 1. The number of likely N-dealkylation sites (N-methyl/N-ethyl adjacent to an activating group) is 1. The molecule has 5 rings (SSSR count). The van der Waals surface area contributed by atoms with Gasteiger partial charge in [0.05, 0.1) is 23.7 Å². The van der Waals surface area contributed by atoms with E-state index < -0.39 is 0 Å². The van der Waals surface area contributed by atoms with E-state index in [1.165, 1.54) is 10.4 Å². The van der Waals surface area contributed by atoms with Gasteiger partial charge in [0.2, 0.25) is 0 Å². The van der Waals surface area contributed by atoms with E-state index in [9.17, 15) is 4.79 Å². The Hall–Kier alpha value is -3.07. The van der Waals surface area contributed by atoms with E-state index in [1.54, 1.807) is 17.5 Å². The zero-order valence-corrected chi connectivity index (χ0v) is 19.8. The van der Waals surface area contributed by atoms with Crippen LogP contribution < -0.4 is 5.32 Å². The molecule has 4 aromatic rings. The van der Waals surface area contributed by atoms with Crippen LogP contribution in [0.3, 0.4) is 0 Å². The maximum Gasteiger partial charge on any atom is 0.256 e. The summed E-state index contributed by atoms with van der Waals surface area (Å²) in [6.45, 7) is 7.89. The summed E-state index contributed by atoms with van der Waals surface area (Å²) < 4.78 is 1.86. The van der Waals surface area contributed by atoms with Crippen molar-refractivity contribution in [3.63, 3.8) is 0 Å². The fourth-order valence-corrected chi connectivity index (χ4v) is 4.87. The summed E-state index contributed by atoms with van der Waals surface area (Å²) >= 11 is 1.69. The van der Waals surface area contributed by atoms with Gasteiger partial charge in [-0.2, -0.15) is 5.10 Å². The minimum Gasteiger partial charge on any atom is -0.322 e. The van der Waals surface area contributed by atoms with Gasteiger partial charge in [-0.25, -0.2) is 9.67 Å². The fourth-order valence-electron chi connectivity index (χ4n) is 4.18. The molecular weight excluding hydrogens is 432 g/mol. The smallest absolute Gasteiger partial charge is 0.256 e. The van der Waals surface area contributed by atoms with Gasteiger partial charge in [0.1, 0.15) is 0 Å². The van der Waals surface area contributed by atoms with Crippen molar-refractivity contribution >= 4 is 34.0 Å². The van der Waals surface area contributed by atoms with Crippen LogP contribution in [0.5, 0.6) is 0 Å². The maximum atomic E-state index is 13.2. The number of hydrogen-bond acceptors (Lipinski definition) is 6. The summed E-state index contributed by atoms with van der Waals surface area (Å²) in [4.78, 5) is 23.8. The number of thiophene rings is 1. The summed E-state index contributed by atoms with van der Waals surface area (Å²) in [7, 11) is 2.17. The minimum absolute atomic E-state index is 0.145. The van der Waals surface area contributed by atoms with Gasteiger partial charge in [-0.05, 0) is 49.2 Å². The van der Waals surface area contributed by atoms with Crippen LogP contribution in [0.25, 0.3) is 11.0 Å². The largest absolute Gasteiger partial charge is 0.322 e. The molecule has 4 heterocycles. The molecule has 3 aromatic heterocycles. The molecule has 33 heavy (non-hydrogen) atoms. The van der Waals surface area contributed by atoms with Crippen LogP contribution in [0.15, 0.2) is 54.0 Å². The van der Waals surface area contributed by atoms with Crippen LogP contribution in [0.4, 0.5) is 5.69 Å². The molecule has 0 unspecified atom stereocenters. The third kappa shape index (κ3) is 4.98. The Morgan fingerprint density at radius 2 is 1.88 bits per heavy atom. The molecule has 0 atom stereocenters. The molecule has 1 saturated heterocycles. The van der Waals surface area contributed by atoms with Crippen molar-refractivity contribution in [1.82, 2.24) is 24.6 Å². The van der Waals surface area contributed by atoms with Crippen molar-refractivity contribution in [3.05, 3.63) is 75.7 Å². The van der Waals surface area contributed by atoms with Crippen LogP contribution in [0, 0.1) is 6.92 Å². The Morgan fingerprint density at radius 1 is 1.09 bits per heavy atom. The SMILES string of the molecule is Cc1cc(C(=O)Nc2ccc(CN3CCN(C)CC3)cc2)c2cnn(Cc3cccs3)c2n1. The van der Waals surface area contributed by atoms with E-state index in [0.29, 0.717) is 12.1 Å². The third-order valence-electron chi connectivity index (χ3n) is 6.08. The van der Waals surface area contributed by atoms with Crippen molar-refractivity contribution in [1.29, 1.82) is 0 Å². The first kappa shape index (κ1) is 21.8. The molecule has 1 fully saturated rings. The molecule has 170 valence electrons. The number of amides is 1. The topological polar surface area (TPSA) is 66.3 Å². The van der Waals surface area contributed by atoms with E-state index in [1.807, 2.05) is 35.9 Å². The lowest BCUT2D eigenvalue weighted by molar-refractivity contribution is 0.102. The van der Waals surface area contributed by atoms with Gasteiger partial charge in [-0.3, -0.25) is 9.69 Å². The Balaban J connectivity index is 1.30. The number of rotatable bonds is 6. The fraction of sp³-hybridized carbons (Fsp3) is 0.320. The molecule has 1 aliphatic rings. The van der Waals surface area contributed by atoms with E-state index in [2.05, 4.69) is 55.8 Å². The average Bonchev–Trinajstić information content (AvgIpc) is 3.47. The second-order valence-electron chi connectivity index (χ2n) is 8.66. The quantitative estimate of drug-likeness (QED) is 0.474. The minimum atomic E-state index is -0.145. The molecule has 7 nitrogen and oxygen atoms in total. The zero-order chi connectivity index (χ0) is 22.8. The van der Waals surface area contributed by atoms with Crippen molar-refractivity contribution in [2.75, 3.05) is 38.5 Å². The number of aryl methyl sites for hydroxylation is 1. The lowest BCUT2D eigenvalue weighted by atomic mass is 10.1. The molecule has 0 bridgehead atoms. The van der Waals surface area contributed by atoms with Gasteiger partial charge in [-0.1, -0.05) is 18.2 Å². The summed E-state index contributed by atoms with van der Waals surface area (Å²) in [6.07, 6.45) is 1.74. The van der Waals surface area contributed by atoms with Gasteiger partial charge >= 0.3 is 0 Å². The van der Waals surface area contributed by atoms with Crippen LogP contribution in [0.2, 0.25) is 0 Å². The molecule has 1 N–H and O–H groups in total. The van der Waals surface area contributed by atoms with Crippen molar-refractivity contribution < 1.29 is 4.79 Å². The normalized spacial score (nSPS) is 15.2. The second-order valence-corrected chi connectivity index (χ2v) is 9.69. The highest BCUT2D eigenvalue weighted by molar-refractivity contribution is 7.09.